The molecule has 13 heavy (non-hydrogen) atoms. The van der Waals surface area contributed by atoms with Crippen LogP contribution in [0.3, 0.4) is 0 Å². The van der Waals surface area contributed by atoms with E-state index in [1.165, 1.54) is 0 Å². The number of aliphatic hydroxyl groups excluding tert-OH is 1. The van der Waals surface area contributed by atoms with Gasteiger partial charge in [-0.1, -0.05) is 0 Å². The summed E-state index contributed by atoms with van der Waals surface area (Å²) in [6.45, 7) is 4.14. The Bertz CT molecular complexity index is 131. The Labute approximate surface area is 79.2 Å². The molecule has 0 unspecified atom stereocenters. The SMILES string of the molecule is COCCCNCC1(CO)COC1. The maximum absolute atomic E-state index is 9.09. The molecule has 0 aliphatic carbocycles. The lowest BCUT2D eigenvalue weighted by Crippen LogP contribution is -2.52. The minimum Gasteiger partial charge on any atom is -0.396 e. The molecule has 1 aliphatic heterocycles. The molecular weight excluding hydrogens is 170 g/mol. The Hall–Kier alpha value is -0.160. The third kappa shape index (κ3) is 3.23. The summed E-state index contributed by atoms with van der Waals surface area (Å²) in [7, 11) is 1.70. The number of hydrogen-bond acceptors (Lipinski definition) is 4. The molecule has 0 spiro atoms. The van der Waals surface area contributed by atoms with Gasteiger partial charge >= 0.3 is 0 Å². The van der Waals surface area contributed by atoms with Gasteiger partial charge in [0, 0.05) is 20.3 Å². The van der Waals surface area contributed by atoms with Crippen LogP contribution in [0.25, 0.3) is 0 Å². The van der Waals surface area contributed by atoms with Gasteiger partial charge in [0.25, 0.3) is 0 Å². The van der Waals surface area contributed by atoms with Crippen molar-refractivity contribution in [2.45, 2.75) is 6.42 Å². The summed E-state index contributed by atoms with van der Waals surface area (Å²) < 4.78 is 10.0. The third-order valence-corrected chi connectivity index (χ3v) is 2.35. The van der Waals surface area contributed by atoms with Crippen LogP contribution in [0.1, 0.15) is 6.42 Å². The maximum Gasteiger partial charge on any atom is 0.0579 e. The molecule has 1 aliphatic rings. The first-order valence-corrected chi connectivity index (χ1v) is 4.71. The molecule has 4 heteroatoms. The minimum atomic E-state index is -0.00687. The van der Waals surface area contributed by atoms with Crippen LogP contribution in [0.5, 0.6) is 0 Å². The fourth-order valence-corrected chi connectivity index (χ4v) is 1.34. The molecule has 1 heterocycles. The molecule has 1 saturated heterocycles. The Balaban J connectivity index is 1.98. The lowest BCUT2D eigenvalue weighted by atomic mass is 9.87. The average Bonchev–Trinajstić information content (AvgIpc) is 2.09. The van der Waals surface area contributed by atoms with Crippen molar-refractivity contribution in [2.24, 2.45) is 5.41 Å². The van der Waals surface area contributed by atoms with Crippen molar-refractivity contribution >= 4 is 0 Å². The highest BCUT2D eigenvalue weighted by atomic mass is 16.5. The first kappa shape index (κ1) is 10.9. The standard InChI is InChI=1S/C9H19NO3/c1-12-4-2-3-10-5-9(6-11)7-13-8-9/h10-11H,2-8H2,1H3. The third-order valence-electron chi connectivity index (χ3n) is 2.35. The summed E-state index contributed by atoms with van der Waals surface area (Å²) in [4.78, 5) is 0. The van der Waals surface area contributed by atoms with Crippen LogP contribution in [0.2, 0.25) is 0 Å². The van der Waals surface area contributed by atoms with E-state index in [4.69, 9.17) is 14.6 Å². The van der Waals surface area contributed by atoms with Crippen molar-refractivity contribution in [1.29, 1.82) is 0 Å². The fourth-order valence-electron chi connectivity index (χ4n) is 1.34. The summed E-state index contributed by atoms with van der Waals surface area (Å²) in [6, 6.07) is 0. The second kappa shape index (κ2) is 5.54. The Kier molecular flexibility index (Phi) is 4.66. The van der Waals surface area contributed by atoms with Crippen LogP contribution >= 0.6 is 0 Å². The Morgan fingerprint density at radius 3 is 2.77 bits per heavy atom. The molecule has 2 N–H and O–H groups in total. The predicted molar refractivity (Wildman–Crippen MR) is 49.7 cm³/mol. The van der Waals surface area contributed by atoms with Gasteiger partial charge in [-0.2, -0.15) is 0 Å². The molecule has 1 fully saturated rings. The largest absolute Gasteiger partial charge is 0.396 e. The zero-order chi connectivity index (χ0) is 9.57. The maximum atomic E-state index is 9.09. The van der Waals surface area contributed by atoms with Crippen molar-refractivity contribution in [3.05, 3.63) is 0 Å². The van der Waals surface area contributed by atoms with E-state index in [1.54, 1.807) is 7.11 Å². The lowest BCUT2D eigenvalue weighted by molar-refractivity contribution is -0.134. The smallest absolute Gasteiger partial charge is 0.0579 e. The van der Waals surface area contributed by atoms with Gasteiger partial charge in [0.15, 0.2) is 0 Å². The van der Waals surface area contributed by atoms with Gasteiger partial charge in [-0.05, 0) is 13.0 Å². The van der Waals surface area contributed by atoms with Crippen LogP contribution in [0.4, 0.5) is 0 Å². The van der Waals surface area contributed by atoms with E-state index in [1.807, 2.05) is 0 Å². The van der Waals surface area contributed by atoms with E-state index >= 15 is 0 Å². The van der Waals surface area contributed by atoms with Crippen LogP contribution in [-0.2, 0) is 9.47 Å². The highest BCUT2D eigenvalue weighted by molar-refractivity contribution is 4.86. The van der Waals surface area contributed by atoms with Crippen LogP contribution in [-0.4, -0.2) is 51.7 Å². The van der Waals surface area contributed by atoms with E-state index < -0.39 is 0 Å². The van der Waals surface area contributed by atoms with Crippen LogP contribution in [0.15, 0.2) is 0 Å². The highest BCUT2D eigenvalue weighted by Gasteiger charge is 2.37. The van der Waals surface area contributed by atoms with Crippen molar-refractivity contribution in [3.8, 4) is 0 Å². The molecule has 0 radical (unpaired) electrons. The van der Waals surface area contributed by atoms with Crippen molar-refractivity contribution < 1.29 is 14.6 Å². The van der Waals surface area contributed by atoms with Crippen molar-refractivity contribution in [1.82, 2.24) is 5.32 Å². The number of hydrogen-bond donors (Lipinski definition) is 2. The van der Waals surface area contributed by atoms with E-state index in [9.17, 15) is 0 Å². The summed E-state index contributed by atoms with van der Waals surface area (Å²) in [6.07, 6.45) is 1.01. The topological polar surface area (TPSA) is 50.7 Å². The van der Waals surface area contributed by atoms with Gasteiger partial charge < -0.3 is 19.9 Å². The van der Waals surface area contributed by atoms with E-state index in [0.717, 1.165) is 26.1 Å². The molecule has 0 aromatic rings. The highest BCUT2D eigenvalue weighted by Crippen LogP contribution is 2.25. The van der Waals surface area contributed by atoms with Crippen molar-refractivity contribution in [2.75, 3.05) is 46.6 Å². The second-order valence-electron chi connectivity index (χ2n) is 3.67. The Morgan fingerprint density at radius 2 is 2.31 bits per heavy atom. The van der Waals surface area contributed by atoms with Gasteiger partial charge in [0.2, 0.25) is 0 Å². The molecule has 0 amide bonds. The monoisotopic (exact) mass is 189 g/mol. The van der Waals surface area contributed by atoms with E-state index in [2.05, 4.69) is 5.32 Å². The van der Waals surface area contributed by atoms with Crippen LogP contribution < -0.4 is 5.32 Å². The predicted octanol–water partition coefficient (Wildman–Crippen LogP) is -0.379. The number of rotatable bonds is 7. The van der Waals surface area contributed by atoms with Crippen molar-refractivity contribution in [3.63, 3.8) is 0 Å². The Morgan fingerprint density at radius 1 is 1.54 bits per heavy atom. The lowest BCUT2D eigenvalue weighted by Gasteiger charge is -2.40. The molecular formula is C9H19NO3. The summed E-state index contributed by atoms with van der Waals surface area (Å²) in [5.74, 6) is 0. The number of ether oxygens (including phenoxy) is 2. The molecule has 0 bridgehead atoms. The number of nitrogens with one attached hydrogen (secondary N) is 1. The van der Waals surface area contributed by atoms with Gasteiger partial charge in [0.1, 0.15) is 0 Å². The first-order chi connectivity index (χ1) is 6.33. The first-order valence-electron chi connectivity index (χ1n) is 4.71. The van der Waals surface area contributed by atoms with Crippen LogP contribution in [0, 0.1) is 5.41 Å². The molecule has 0 aromatic heterocycles. The van der Waals surface area contributed by atoms with Gasteiger partial charge in [-0.15, -0.1) is 0 Å². The fraction of sp³-hybridized carbons (Fsp3) is 1.00. The summed E-state index contributed by atoms with van der Waals surface area (Å²) >= 11 is 0. The minimum absolute atomic E-state index is 0.00687. The van der Waals surface area contributed by atoms with Gasteiger partial charge in [-0.25, -0.2) is 0 Å². The number of aliphatic hydroxyl groups is 1. The molecule has 0 atom stereocenters. The molecule has 1 rings (SSSR count). The second-order valence-corrected chi connectivity index (χ2v) is 3.67. The summed E-state index contributed by atoms with van der Waals surface area (Å²) in [5.41, 5.74) is -0.00687. The van der Waals surface area contributed by atoms with E-state index in [-0.39, 0.29) is 12.0 Å². The average molecular weight is 189 g/mol. The summed E-state index contributed by atoms with van der Waals surface area (Å²) in [5, 5.41) is 12.4. The molecule has 4 nitrogen and oxygen atoms in total. The van der Waals surface area contributed by atoms with E-state index in [0.29, 0.717) is 13.2 Å². The van der Waals surface area contributed by atoms with Gasteiger partial charge in [0.05, 0.1) is 25.2 Å². The molecule has 78 valence electrons. The zero-order valence-corrected chi connectivity index (χ0v) is 8.21. The molecule has 0 saturated carbocycles. The zero-order valence-electron chi connectivity index (χ0n) is 8.21. The van der Waals surface area contributed by atoms with Gasteiger partial charge in [-0.3, -0.25) is 0 Å². The normalized spacial score (nSPS) is 19.8. The molecule has 0 aromatic carbocycles. The number of methoxy groups -OCH3 is 1. The quantitative estimate of drug-likeness (QED) is 0.536.